The highest BCUT2D eigenvalue weighted by atomic mass is 32.1. The van der Waals surface area contributed by atoms with E-state index in [0.29, 0.717) is 10.7 Å². The molecular formula is C15H16N4O3S. The largest absolute Gasteiger partial charge is 0.371 e. The lowest BCUT2D eigenvalue weighted by atomic mass is 10.1. The van der Waals surface area contributed by atoms with E-state index in [1.165, 1.54) is 23.5 Å². The molecule has 1 aliphatic rings. The van der Waals surface area contributed by atoms with Gasteiger partial charge in [-0.05, 0) is 25.8 Å². The van der Waals surface area contributed by atoms with Crippen molar-refractivity contribution in [2.45, 2.75) is 19.8 Å². The maximum absolute atomic E-state index is 12.6. The second kappa shape index (κ2) is 6.33. The maximum atomic E-state index is 12.6. The molecule has 23 heavy (non-hydrogen) atoms. The Kier molecular flexibility index (Phi) is 4.24. The lowest BCUT2D eigenvalue weighted by Gasteiger charge is -2.20. The number of rotatable bonds is 4. The molecule has 0 radical (unpaired) electrons. The highest BCUT2D eigenvalue weighted by molar-refractivity contribution is 7.15. The highest BCUT2D eigenvalue weighted by Gasteiger charge is 2.23. The molecule has 1 aromatic heterocycles. The SMILES string of the molecule is Cc1cnc(NC(=O)c2cc([N+](=O)[O-])ccc2N2CCCC2)s1. The van der Waals surface area contributed by atoms with Crippen molar-refractivity contribution < 1.29 is 9.72 Å². The van der Waals surface area contributed by atoms with Crippen LogP contribution in [0.5, 0.6) is 0 Å². The van der Waals surface area contributed by atoms with Crippen molar-refractivity contribution in [1.82, 2.24) is 4.98 Å². The Morgan fingerprint density at radius 3 is 2.74 bits per heavy atom. The minimum Gasteiger partial charge on any atom is -0.371 e. The molecule has 2 aromatic rings. The van der Waals surface area contributed by atoms with E-state index in [1.807, 2.05) is 6.92 Å². The lowest BCUT2D eigenvalue weighted by Crippen LogP contribution is -2.23. The molecule has 0 aliphatic carbocycles. The lowest BCUT2D eigenvalue weighted by molar-refractivity contribution is -0.384. The van der Waals surface area contributed by atoms with Gasteiger partial charge in [0.2, 0.25) is 0 Å². The first-order valence-electron chi connectivity index (χ1n) is 7.32. The Bertz CT molecular complexity index is 753. The Morgan fingerprint density at radius 2 is 2.13 bits per heavy atom. The fraction of sp³-hybridized carbons (Fsp3) is 0.333. The smallest absolute Gasteiger partial charge is 0.270 e. The van der Waals surface area contributed by atoms with Crippen LogP contribution in [-0.2, 0) is 0 Å². The van der Waals surface area contributed by atoms with Crippen molar-refractivity contribution in [3.05, 3.63) is 45.0 Å². The first-order chi connectivity index (χ1) is 11.0. The van der Waals surface area contributed by atoms with Crippen LogP contribution in [0.1, 0.15) is 28.1 Å². The van der Waals surface area contributed by atoms with Crippen LogP contribution in [0.15, 0.2) is 24.4 Å². The zero-order chi connectivity index (χ0) is 16.4. The van der Waals surface area contributed by atoms with Crippen molar-refractivity contribution in [1.29, 1.82) is 0 Å². The summed E-state index contributed by atoms with van der Waals surface area (Å²) in [5.74, 6) is -0.370. The molecule has 1 aromatic carbocycles. The van der Waals surface area contributed by atoms with Crippen LogP contribution in [0, 0.1) is 17.0 Å². The molecule has 0 saturated carbocycles. The van der Waals surface area contributed by atoms with Crippen molar-refractivity contribution in [2.24, 2.45) is 0 Å². The van der Waals surface area contributed by atoms with Gasteiger partial charge in [-0.3, -0.25) is 20.2 Å². The van der Waals surface area contributed by atoms with Gasteiger partial charge in [0.25, 0.3) is 11.6 Å². The summed E-state index contributed by atoms with van der Waals surface area (Å²) >= 11 is 1.37. The molecule has 1 aliphatic heterocycles. The summed E-state index contributed by atoms with van der Waals surface area (Å²) in [5.41, 5.74) is 0.959. The number of non-ortho nitro benzene ring substituents is 1. The predicted molar refractivity (Wildman–Crippen MR) is 89.3 cm³/mol. The molecule has 7 nitrogen and oxygen atoms in total. The van der Waals surface area contributed by atoms with Gasteiger partial charge < -0.3 is 4.90 Å². The van der Waals surface area contributed by atoms with Crippen LogP contribution in [0.25, 0.3) is 0 Å². The number of aromatic nitrogens is 1. The first-order valence-corrected chi connectivity index (χ1v) is 8.13. The average Bonchev–Trinajstić information content (AvgIpc) is 3.18. The zero-order valence-electron chi connectivity index (χ0n) is 12.6. The van der Waals surface area contributed by atoms with E-state index in [0.717, 1.165) is 36.5 Å². The van der Waals surface area contributed by atoms with Crippen LogP contribution < -0.4 is 10.2 Å². The van der Waals surface area contributed by atoms with Gasteiger partial charge in [-0.1, -0.05) is 0 Å². The minimum absolute atomic E-state index is 0.0894. The minimum atomic E-state index is -0.488. The number of nitrogens with zero attached hydrogens (tertiary/aromatic N) is 3. The second-order valence-corrected chi connectivity index (χ2v) is 6.62. The third-order valence-electron chi connectivity index (χ3n) is 3.72. The summed E-state index contributed by atoms with van der Waals surface area (Å²) in [7, 11) is 0. The molecule has 120 valence electrons. The molecule has 1 saturated heterocycles. The number of benzene rings is 1. The molecule has 2 heterocycles. The van der Waals surface area contributed by atoms with E-state index in [4.69, 9.17) is 0 Å². The molecule has 1 fully saturated rings. The van der Waals surface area contributed by atoms with E-state index in [9.17, 15) is 14.9 Å². The highest BCUT2D eigenvalue weighted by Crippen LogP contribution is 2.29. The number of aryl methyl sites for hydroxylation is 1. The number of anilines is 2. The third-order valence-corrected chi connectivity index (χ3v) is 4.55. The number of carbonyl (C=O) groups excluding carboxylic acids is 1. The molecule has 1 amide bonds. The summed E-state index contributed by atoms with van der Waals surface area (Å²) in [5, 5.41) is 14.2. The Balaban J connectivity index is 1.94. The fourth-order valence-corrected chi connectivity index (χ4v) is 3.29. The summed E-state index contributed by atoms with van der Waals surface area (Å²) < 4.78 is 0. The zero-order valence-corrected chi connectivity index (χ0v) is 13.4. The van der Waals surface area contributed by atoms with Gasteiger partial charge >= 0.3 is 0 Å². The van der Waals surface area contributed by atoms with Gasteiger partial charge in [-0.15, -0.1) is 11.3 Å². The Morgan fingerprint density at radius 1 is 1.39 bits per heavy atom. The van der Waals surface area contributed by atoms with Gasteiger partial charge in [-0.25, -0.2) is 4.98 Å². The molecular weight excluding hydrogens is 316 g/mol. The summed E-state index contributed by atoms with van der Waals surface area (Å²) in [6.45, 7) is 3.61. The molecule has 3 rings (SSSR count). The Hall–Kier alpha value is -2.48. The van der Waals surface area contributed by atoms with Crippen LogP contribution in [-0.4, -0.2) is 28.9 Å². The van der Waals surface area contributed by atoms with Gasteiger partial charge in [-0.2, -0.15) is 0 Å². The molecule has 0 bridgehead atoms. The number of nitro groups is 1. The molecule has 0 atom stereocenters. The normalized spacial score (nSPS) is 14.0. The van der Waals surface area contributed by atoms with Gasteiger partial charge in [0.05, 0.1) is 16.2 Å². The number of nitro benzene ring substituents is 1. The molecule has 0 spiro atoms. The summed E-state index contributed by atoms with van der Waals surface area (Å²) in [6, 6.07) is 4.44. The second-order valence-electron chi connectivity index (χ2n) is 5.38. The number of nitrogens with one attached hydrogen (secondary N) is 1. The van der Waals surface area contributed by atoms with Crippen molar-refractivity contribution >= 4 is 33.8 Å². The van der Waals surface area contributed by atoms with Crippen LogP contribution in [0.3, 0.4) is 0 Å². The summed E-state index contributed by atoms with van der Waals surface area (Å²) in [4.78, 5) is 30.3. The fourth-order valence-electron chi connectivity index (χ4n) is 2.63. The van der Waals surface area contributed by atoms with Gasteiger partial charge in [0, 0.05) is 36.3 Å². The topological polar surface area (TPSA) is 88.4 Å². The quantitative estimate of drug-likeness (QED) is 0.686. The van der Waals surface area contributed by atoms with Crippen molar-refractivity contribution in [2.75, 3.05) is 23.3 Å². The predicted octanol–water partition coefficient (Wildman–Crippen LogP) is 3.21. The van der Waals surface area contributed by atoms with Crippen LogP contribution in [0.4, 0.5) is 16.5 Å². The first kappa shape index (κ1) is 15.4. The standard InChI is InChI=1S/C15H16N4O3S/c1-10-9-16-15(23-10)17-14(20)12-8-11(19(21)22)4-5-13(12)18-6-2-3-7-18/h4-5,8-9H,2-3,6-7H2,1H3,(H,16,17,20). The average molecular weight is 332 g/mol. The van der Waals surface area contributed by atoms with E-state index in [1.54, 1.807) is 12.3 Å². The molecule has 0 unspecified atom stereocenters. The van der Waals surface area contributed by atoms with E-state index in [2.05, 4.69) is 15.2 Å². The molecule has 1 N–H and O–H groups in total. The van der Waals surface area contributed by atoms with Gasteiger partial charge in [0.1, 0.15) is 0 Å². The van der Waals surface area contributed by atoms with E-state index in [-0.39, 0.29) is 11.6 Å². The third kappa shape index (κ3) is 3.31. The van der Waals surface area contributed by atoms with E-state index < -0.39 is 4.92 Å². The monoisotopic (exact) mass is 332 g/mol. The number of thiazole rings is 1. The number of amides is 1. The van der Waals surface area contributed by atoms with E-state index >= 15 is 0 Å². The van der Waals surface area contributed by atoms with Crippen LogP contribution in [0.2, 0.25) is 0 Å². The van der Waals surface area contributed by atoms with Crippen molar-refractivity contribution in [3.8, 4) is 0 Å². The van der Waals surface area contributed by atoms with Gasteiger partial charge in [0.15, 0.2) is 5.13 Å². The number of hydrogen-bond donors (Lipinski definition) is 1. The summed E-state index contributed by atoms with van der Waals surface area (Å²) in [6.07, 6.45) is 3.79. The molecule has 8 heteroatoms. The number of hydrogen-bond acceptors (Lipinski definition) is 6. The number of carbonyl (C=O) groups is 1. The maximum Gasteiger partial charge on any atom is 0.270 e. The Labute approximate surface area is 137 Å². The van der Waals surface area contributed by atoms with Crippen LogP contribution >= 0.6 is 11.3 Å². The van der Waals surface area contributed by atoms with Crippen molar-refractivity contribution in [3.63, 3.8) is 0 Å².